The predicted molar refractivity (Wildman–Crippen MR) is 60.8 cm³/mol. The van der Waals surface area contributed by atoms with E-state index in [1.165, 1.54) is 25.0 Å². The van der Waals surface area contributed by atoms with Crippen molar-refractivity contribution < 1.29 is 0 Å². The molecule has 4 heteroatoms. The van der Waals surface area contributed by atoms with Gasteiger partial charge in [0.25, 0.3) is 0 Å². The quantitative estimate of drug-likeness (QED) is 0.717. The number of nitrogens with two attached hydrogens (primary N) is 1. The molecule has 0 aromatic carbocycles. The normalized spacial score (nSPS) is 16.1. The van der Waals surface area contributed by atoms with Crippen LogP contribution in [-0.2, 0) is 0 Å². The van der Waals surface area contributed by atoms with Crippen molar-refractivity contribution in [3.05, 3.63) is 18.2 Å². The molecule has 1 heterocycles. The number of anilines is 1. The Bertz CT molecular complexity index is 309. The van der Waals surface area contributed by atoms with Crippen LogP contribution in [0.2, 0.25) is 0 Å². The summed E-state index contributed by atoms with van der Waals surface area (Å²) in [4.78, 5) is 8.43. The Morgan fingerprint density at radius 3 is 3.00 bits per heavy atom. The Balaban J connectivity index is 2.01. The highest BCUT2D eigenvalue weighted by Gasteiger charge is 2.23. The first-order valence-electron chi connectivity index (χ1n) is 5.65. The second-order valence-electron chi connectivity index (χ2n) is 4.02. The molecule has 0 atom stereocenters. The lowest BCUT2D eigenvalue weighted by atomic mass is 9.82. The van der Waals surface area contributed by atoms with Crippen molar-refractivity contribution in [3.8, 4) is 0 Å². The fourth-order valence-corrected chi connectivity index (χ4v) is 1.81. The Hall–Kier alpha value is -1.16. The molecular weight excluding hydrogens is 188 g/mol. The van der Waals surface area contributed by atoms with Crippen LogP contribution < -0.4 is 11.1 Å². The minimum atomic E-state index is 0.647. The summed E-state index contributed by atoms with van der Waals surface area (Å²) in [7, 11) is 0. The van der Waals surface area contributed by atoms with Gasteiger partial charge in [0.1, 0.15) is 6.33 Å². The van der Waals surface area contributed by atoms with Gasteiger partial charge in [0.15, 0.2) is 0 Å². The second kappa shape index (κ2) is 5.07. The summed E-state index contributed by atoms with van der Waals surface area (Å²) in [6.45, 7) is 1.63. The number of hydrogen-bond acceptors (Lipinski definition) is 4. The van der Waals surface area contributed by atoms with Gasteiger partial charge in [0.2, 0.25) is 0 Å². The van der Waals surface area contributed by atoms with Crippen LogP contribution in [-0.4, -0.2) is 23.1 Å². The van der Waals surface area contributed by atoms with Gasteiger partial charge in [-0.15, -0.1) is 0 Å². The van der Waals surface area contributed by atoms with E-state index in [0.717, 1.165) is 25.2 Å². The zero-order valence-corrected chi connectivity index (χ0v) is 8.95. The Morgan fingerprint density at radius 2 is 2.33 bits per heavy atom. The molecule has 1 aromatic rings. The van der Waals surface area contributed by atoms with Gasteiger partial charge in [-0.25, -0.2) is 9.97 Å². The average molecular weight is 206 g/mol. The number of nitrogens with zero attached hydrogens (tertiary/aromatic N) is 2. The highest BCUT2D eigenvalue weighted by atomic mass is 14.9. The Kier molecular flexibility index (Phi) is 3.50. The van der Waals surface area contributed by atoms with E-state index in [2.05, 4.69) is 15.3 Å². The van der Waals surface area contributed by atoms with Crippen LogP contribution >= 0.6 is 0 Å². The van der Waals surface area contributed by atoms with Gasteiger partial charge < -0.3 is 11.1 Å². The molecular formula is C11H18N4. The molecule has 0 spiro atoms. The molecule has 2 rings (SSSR count). The lowest BCUT2D eigenvalue weighted by molar-refractivity contribution is 0.411. The van der Waals surface area contributed by atoms with Gasteiger partial charge in [0.05, 0.1) is 17.6 Å². The molecule has 15 heavy (non-hydrogen) atoms. The summed E-state index contributed by atoms with van der Waals surface area (Å²) in [6.07, 6.45) is 8.36. The first kappa shape index (κ1) is 10.4. The van der Waals surface area contributed by atoms with Crippen molar-refractivity contribution in [2.75, 3.05) is 18.4 Å². The van der Waals surface area contributed by atoms with Crippen molar-refractivity contribution in [3.63, 3.8) is 0 Å². The van der Waals surface area contributed by atoms with Crippen LogP contribution in [0.3, 0.4) is 0 Å². The molecule has 82 valence electrons. The van der Waals surface area contributed by atoms with Crippen molar-refractivity contribution in [1.29, 1.82) is 0 Å². The SMILES string of the molecule is NCCCNc1cncnc1C1CCC1. The zero-order chi connectivity index (χ0) is 10.5. The Labute approximate surface area is 90.3 Å². The van der Waals surface area contributed by atoms with Crippen LogP contribution in [0.4, 0.5) is 5.69 Å². The molecule has 1 aliphatic carbocycles. The van der Waals surface area contributed by atoms with E-state index >= 15 is 0 Å². The summed E-state index contributed by atoms with van der Waals surface area (Å²) in [5.41, 5.74) is 7.74. The molecule has 1 aliphatic rings. The highest BCUT2D eigenvalue weighted by Crippen LogP contribution is 2.38. The first-order chi connectivity index (χ1) is 7.42. The van der Waals surface area contributed by atoms with Crippen molar-refractivity contribution in [2.24, 2.45) is 5.73 Å². The molecule has 1 fully saturated rings. The number of aromatic nitrogens is 2. The van der Waals surface area contributed by atoms with Crippen LogP contribution in [0.25, 0.3) is 0 Å². The molecule has 0 aliphatic heterocycles. The molecule has 4 nitrogen and oxygen atoms in total. The van der Waals surface area contributed by atoms with Gasteiger partial charge in [0, 0.05) is 12.5 Å². The van der Waals surface area contributed by atoms with Gasteiger partial charge in [-0.3, -0.25) is 0 Å². The lowest BCUT2D eigenvalue weighted by Gasteiger charge is -2.26. The topological polar surface area (TPSA) is 63.8 Å². The summed E-state index contributed by atoms with van der Waals surface area (Å²) >= 11 is 0. The van der Waals surface area contributed by atoms with E-state index in [-0.39, 0.29) is 0 Å². The minimum absolute atomic E-state index is 0.647. The maximum Gasteiger partial charge on any atom is 0.115 e. The standard InChI is InChI=1S/C11H18N4/c12-5-2-6-14-10-7-13-8-15-11(10)9-3-1-4-9/h7-9,14H,1-6,12H2. The predicted octanol–water partition coefficient (Wildman–Crippen LogP) is 1.50. The third-order valence-corrected chi connectivity index (χ3v) is 2.93. The van der Waals surface area contributed by atoms with Crippen molar-refractivity contribution in [2.45, 2.75) is 31.6 Å². The summed E-state index contributed by atoms with van der Waals surface area (Å²) in [5.74, 6) is 0.647. The van der Waals surface area contributed by atoms with Gasteiger partial charge >= 0.3 is 0 Å². The largest absolute Gasteiger partial charge is 0.382 e. The molecule has 1 saturated carbocycles. The lowest BCUT2D eigenvalue weighted by Crippen LogP contribution is -2.15. The van der Waals surface area contributed by atoms with E-state index in [9.17, 15) is 0 Å². The fourth-order valence-electron chi connectivity index (χ4n) is 1.81. The summed E-state index contributed by atoms with van der Waals surface area (Å²) in [6, 6.07) is 0. The third-order valence-electron chi connectivity index (χ3n) is 2.93. The number of rotatable bonds is 5. The maximum atomic E-state index is 5.46. The van der Waals surface area contributed by atoms with E-state index in [1.54, 1.807) is 6.33 Å². The highest BCUT2D eigenvalue weighted by molar-refractivity contribution is 5.47. The van der Waals surface area contributed by atoms with Crippen LogP contribution in [0.1, 0.15) is 37.3 Å². The van der Waals surface area contributed by atoms with Crippen LogP contribution in [0, 0.1) is 0 Å². The van der Waals surface area contributed by atoms with Crippen molar-refractivity contribution >= 4 is 5.69 Å². The smallest absolute Gasteiger partial charge is 0.115 e. The summed E-state index contributed by atoms with van der Waals surface area (Å²) in [5, 5.41) is 3.36. The van der Waals surface area contributed by atoms with E-state index in [4.69, 9.17) is 5.73 Å². The average Bonchev–Trinajstić information content (AvgIpc) is 2.18. The molecule has 0 bridgehead atoms. The molecule has 0 amide bonds. The molecule has 0 saturated heterocycles. The van der Waals surface area contributed by atoms with Crippen LogP contribution in [0.15, 0.2) is 12.5 Å². The zero-order valence-electron chi connectivity index (χ0n) is 8.95. The van der Waals surface area contributed by atoms with Gasteiger partial charge in [-0.05, 0) is 25.8 Å². The first-order valence-corrected chi connectivity index (χ1v) is 5.65. The monoisotopic (exact) mass is 206 g/mol. The van der Waals surface area contributed by atoms with Crippen molar-refractivity contribution in [1.82, 2.24) is 9.97 Å². The van der Waals surface area contributed by atoms with Gasteiger partial charge in [-0.1, -0.05) is 6.42 Å². The Morgan fingerprint density at radius 1 is 1.47 bits per heavy atom. The number of hydrogen-bond donors (Lipinski definition) is 2. The van der Waals surface area contributed by atoms with E-state index in [1.807, 2.05) is 6.20 Å². The van der Waals surface area contributed by atoms with E-state index < -0.39 is 0 Å². The fraction of sp³-hybridized carbons (Fsp3) is 0.636. The van der Waals surface area contributed by atoms with Crippen LogP contribution in [0.5, 0.6) is 0 Å². The molecule has 0 unspecified atom stereocenters. The van der Waals surface area contributed by atoms with Gasteiger partial charge in [-0.2, -0.15) is 0 Å². The minimum Gasteiger partial charge on any atom is -0.382 e. The third kappa shape index (κ3) is 2.45. The molecule has 1 aromatic heterocycles. The molecule has 0 radical (unpaired) electrons. The van der Waals surface area contributed by atoms with E-state index in [0.29, 0.717) is 5.92 Å². The number of nitrogens with one attached hydrogen (secondary N) is 1. The maximum absolute atomic E-state index is 5.46. The second-order valence-corrected chi connectivity index (χ2v) is 4.02. The molecule has 3 N–H and O–H groups in total. The summed E-state index contributed by atoms with van der Waals surface area (Å²) < 4.78 is 0.